The summed E-state index contributed by atoms with van der Waals surface area (Å²) in [6.45, 7) is 2.81. The van der Waals surface area contributed by atoms with E-state index in [0.717, 1.165) is 19.5 Å². The zero-order valence-electron chi connectivity index (χ0n) is 13.8. The van der Waals surface area contributed by atoms with E-state index in [-0.39, 0.29) is 5.91 Å². The molecule has 2 aliphatic rings. The highest BCUT2D eigenvalue weighted by Gasteiger charge is 2.57. The van der Waals surface area contributed by atoms with Crippen LogP contribution in [0.5, 0.6) is 0 Å². The molecule has 0 aromatic carbocycles. The summed E-state index contributed by atoms with van der Waals surface area (Å²) in [5, 5.41) is 8.26. The Hall–Kier alpha value is -1.30. The third kappa shape index (κ3) is 2.89. The number of carbonyl (C=O) groups is 1. The van der Waals surface area contributed by atoms with E-state index in [2.05, 4.69) is 27.0 Å². The van der Waals surface area contributed by atoms with Crippen molar-refractivity contribution in [3.8, 4) is 0 Å². The van der Waals surface area contributed by atoms with E-state index in [1.165, 1.54) is 18.4 Å². The Morgan fingerprint density at radius 1 is 1.50 bits per heavy atom. The van der Waals surface area contributed by atoms with E-state index in [9.17, 15) is 4.79 Å². The minimum Gasteiger partial charge on any atom is -0.345 e. The summed E-state index contributed by atoms with van der Waals surface area (Å²) in [7, 11) is 1.88. The number of nitrogens with one attached hydrogen (secondary N) is 1. The molecule has 2 aromatic heterocycles. The van der Waals surface area contributed by atoms with Crippen molar-refractivity contribution in [2.75, 3.05) is 13.1 Å². The van der Waals surface area contributed by atoms with E-state index in [0.29, 0.717) is 28.7 Å². The molecule has 4 rings (SSSR count). The monoisotopic (exact) mass is 363 g/mol. The van der Waals surface area contributed by atoms with Crippen LogP contribution in [0.3, 0.4) is 0 Å². The molecule has 2 aromatic rings. The Balaban J connectivity index is 1.61. The molecule has 2 fully saturated rings. The molecule has 3 heterocycles. The lowest BCUT2D eigenvalue weighted by Crippen LogP contribution is -2.39. The number of aromatic nitrogens is 1. The van der Waals surface area contributed by atoms with Crippen molar-refractivity contribution >= 4 is 28.8 Å². The molecule has 1 saturated heterocycles. The maximum Gasteiger partial charge on any atom is 0.271 e. The second-order valence-corrected chi connectivity index (χ2v) is 8.27. The Morgan fingerprint density at radius 2 is 2.29 bits per heavy atom. The van der Waals surface area contributed by atoms with Gasteiger partial charge in [-0.05, 0) is 66.2 Å². The first-order valence-electron chi connectivity index (χ1n) is 8.44. The first kappa shape index (κ1) is 16.2. The quantitative estimate of drug-likeness (QED) is 0.902. The van der Waals surface area contributed by atoms with Crippen molar-refractivity contribution in [2.24, 2.45) is 12.5 Å². The molecule has 1 N–H and O–H groups in total. The van der Waals surface area contributed by atoms with Crippen LogP contribution in [-0.4, -0.2) is 34.5 Å². The van der Waals surface area contributed by atoms with Crippen molar-refractivity contribution < 1.29 is 4.79 Å². The van der Waals surface area contributed by atoms with E-state index in [1.807, 2.05) is 11.6 Å². The zero-order chi connectivity index (χ0) is 16.7. The Kier molecular flexibility index (Phi) is 4.19. The fourth-order valence-electron chi connectivity index (χ4n) is 4.02. The highest BCUT2D eigenvalue weighted by Crippen LogP contribution is 2.56. The molecular weight excluding hydrogens is 342 g/mol. The molecule has 1 saturated carbocycles. The van der Waals surface area contributed by atoms with Gasteiger partial charge < -0.3 is 14.8 Å². The smallest absolute Gasteiger partial charge is 0.271 e. The van der Waals surface area contributed by atoms with Gasteiger partial charge in [0.1, 0.15) is 5.69 Å². The molecule has 0 radical (unpaired) electrons. The predicted molar refractivity (Wildman–Crippen MR) is 97.6 cm³/mol. The van der Waals surface area contributed by atoms with Gasteiger partial charge in [-0.1, -0.05) is 11.6 Å². The predicted octanol–water partition coefficient (Wildman–Crippen LogP) is 3.52. The SMILES string of the molecule is Cn1cc(Cl)cc1C(=O)N(Cc1ccsc1)C1CC12CCNCC2. The highest BCUT2D eigenvalue weighted by atomic mass is 35.5. The number of halogens is 1. The van der Waals surface area contributed by atoms with Crippen molar-refractivity contribution in [3.05, 3.63) is 45.4 Å². The van der Waals surface area contributed by atoms with Gasteiger partial charge in [0, 0.05) is 25.8 Å². The highest BCUT2D eigenvalue weighted by molar-refractivity contribution is 7.07. The van der Waals surface area contributed by atoms with Crippen molar-refractivity contribution in [3.63, 3.8) is 0 Å². The molecule has 4 nitrogen and oxygen atoms in total. The summed E-state index contributed by atoms with van der Waals surface area (Å²) in [6.07, 6.45) is 5.26. The standard InChI is InChI=1S/C18H22ClN3OS/c1-21-11-14(19)8-15(21)17(23)22(10-13-2-7-24-12-13)16-9-18(16)3-5-20-6-4-18/h2,7-8,11-12,16,20H,3-6,9-10H2,1H3. The summed E-state index contributed by atoms with van der Waals surface area (Å²) in [5.41, 5.74) is 2.21. The topological polar surface area (TPSA) is 37.3 Å². The second kappa shape index (κ2) is 6.21. The summed E-state index contributed by atoms with van der Waals surface area (Å²) in [5.74, 6) is 0.0935. The molecule has 6 heteroatoms. The number of carbonyl (C=O) groups excluding carboxylic acids is 1. The number of aryl methyl sites for hydroxylation is 1. The average molecular weight is 364 g/mol. The van der Waals surface area contributed by atoms with Crippen LogP contribution in [0.2, 0.25) is 5.02 Å². The lowest BCUT2D eigenvalue weighted by molar-refractivity contribution is 0.0682. The lowest BCUT2D eigenvalue weighted by atomic mass is 9.93. The van der Waals surface area contributed by atoms with Crippen LogP contribution in [0.4, 0.5) is 0 Å². The first-order valence-corrected chi connectivity index (χ1v) is 9.76. The Bertz CT molecular complexity index is 734. The lowest BCUT2D eigenvalue weighted by Gasteiger charge is -2.29. The van der Waals surface area contributed by atoms with Gasteiger partial charge in [0.15, 0.2) is 0 Å². The molecular formula is C18H22ClN3OS. The maximum atomic E-state index is 13.2. The van der Waals surface area contributed by atoms with Gasteiger partial charge in [-0.2, -0.15) is 11.3 Å². The summed E-state index contributed by atoms with van der Waals surface area (Å²) in [6, 6.07) is 4.24. The summed E-state index contributed by atoms with van der Waals surface area (Å²) < 4.78 is 1.84. The van der Waals surface area contributed by atoms with Crippen molar-refractivity contribution in [2.45, 2.75) is 31.8 Å². The maximum absolute atomic E-state index is 13.2. The van der Waals surface area contributed by atoms with Crippen LogP contribution in [0, 0.1) is 5.41 Å². The second-order valence-electron chi connectivity index (χ2n) is 7.05. The number of thiophene rings is 1. The Labute approximate surface area is 151 Å². The molecule has 1 atom stereocenters. The zero-order valence-corrected chi connectivity index (χ0v) is 15.4. The van der Waals surface area contributed by atoms with E-state index in [1.54, 1.807) is 23.6 Å². The van der Waals surface area contributed by atoms with Gasteiger partial charge >= 0.3 is 0 Å². The van der Waals surface area contributed by atoms with Crippen LogP contribution < -0.4 is 5.32 Å². The molecule has 0 bridgehead atoms. The Morgan fingerprint density at radius 3 is 2.92 bits per heavy atom. The van der Waals surface area contributed by atoms with Crippen LogP contribution in [0.15, 0.2) is 29.1 Å². The first-order chi connectivity index (χ1) is 11.6. The molecule has 1 aliphatic carbocycles. The van der Waals surface area contributed by atoms with Gasteiger partial charge in [-0.15, -0.1) is 0 Å². The van der Waals surface area contributed by atoms with Crippen molar-refractivity contribution in [1.29, 1.82) is 0 Å². The van der Waals surface area contributed by atoms with Crippen molar-refractivity contribution in [1.82, 2.24) is 14.8 Å². The van der Waals surface area contributed by atoms with E-state index >= 15 is 0 Å². The minimum absolute atomic E-state index is 0.0935. The van der Waals surface area contributed by atoms with Crippen LogP contribution in [-0.2, 0) is 13.6 Å². The van der Waals surface area contributed by atoms with Gasteiger partial charge in [0.25, 0.3) is 5.91 Å². The minimum atomic E-state index is 0.0935. The van der Waals surface area contributed by atoms with Gasteiger partial charge in [0.2, 0.25) is 0 Å². The molecule has 24 heavy (non-hydrogen) atoms. The molecule has 1 spiro atoms. The van der Waals surface area contributed by atoms with E-state index < -0.39 is 0 Å². The number of hydrogen-bond donors (Lipinski definition) is 1. The summed E-state index contributed by atoms with van der Waals surface area (Å²) in [4.78, 5) is 15.3. The van der Waals surface area contributed by atoms with Gasteiger partial charge in [0.05, 0.1) is 5.02 Å². The molecule has 1 aliphatic heterocycles. The third-order valence-electron chi connectivity index (χ3n) is 5.51. The molecule has 1 amide bonds. The largest absolute Gasteiger partial charge is 0.345 e. The number of amides is 1. The fraction of sp³-hybridized carbons (Fsp3) is 0.500. The van der Waals surface area contributed by atoms with Crippen LogP contribution >= 0.6 is 22.9 Å². The summed E-state index contributed by atoms with van der Waals surface area (Å²) >= 11 is 7.78. The van der Waals surface area contributed by atoms with E-state index in [4.69, 9.17) is 11.6 Å². The number of hydrogen-bond acceptors (Lipinski definition) is 3. The van der Waals surface area contributed by atoms with Gasteiger partial charge in [-0.25, -0.2) is 0 Å². The van der Waals surface area contributed by atoms with Crippen LogP contribution in [0.25, 0.3) is 0 Å². The number of nitrogens with zero attached hydrogens (tertiary/aromatic N) is 2. The number of rotatable bonds is 4. The third-order valence-corrected chi connectivity index (χ3v) is 6.45. The van der Waals surface area contributed by atoms with Gasteiger partial charge in [-0.3, -0.25) is 4.79 Å². The molecule has 1 unspecified atom stereocenters. The number of piperidine rings is 1. The fourth-order valence-corrected chi connectivity index (χ4v) is 4.93. The van der Waals surface area contributed by atoms with Crippen LogP contribution in [0.1, 0.15) is 35.3 Å². The normalized spacial score (nSPS) is 21.8. The molecule has 128 valence electrons. The average Bonchev–Trinajstić information content (AvgIpc) is 2.92.